The van der Waals surface area contributed by atoms with Gasteiger partial charge in [-0.2, -0.15) is 18.4 Å². The summed E-state index contributed by atoms with van der Waals surface area (Å²) in [5.41, 5.74) is 2.70. The maximum Gasteiger partial charge on any atom is 0.280 e. The van der Waals surface area contributed by atoms with Gasteiger partial charge < -0.3 is 9.30 Å². The third kappa shape index (κ3) is 3.36. The van der Waals surface area contributed by atoms with Gasteiger partial charge in [0.25, 0.3) is 10.0 Å². The molecule has 0 atom stereocenters. The topological polar surface area (TPSA) is 72.7 Å². The van der Waals surface area contributed by atoms with Crippen molar-refractivity contribution in [2.24, 2.45) is 12.1 Å². The van der Waals surface area contributed by atoms with Gasteiger partial charge in [-0.25, -0.2) is 0 Å². The van der Waals surface area contributed by atoms with Crippen molar-refractivity contribution in [2.75, 3.05) is 7.11 Å². The number of hydrazone groups is 1. The SMILES string of the molecule is COc1ccc(C)cc1S(=O)(=O)N/N=C/c1cn(C)c2ccccc12. The smallest absolute Gasteiger partial charge is 0.280 e. The molecule has 0 bridgehead atoms. The molecule has 1 N–H and O–H groups in total. The second-order valence-corrected chi connectivity index (χ2v) is 7.35. The van der Waals surface area contributed by atoms with E-state index in [2.05, 4.69) is 9.93 Å². The predicted molar refractivity (Wildman–Crippen MR) is 98.6 cm³/mol. The molecule has 1 aromatic heterocycles. The second-order valence-electron chi connectivity index (χ2n) is 5.72. The maximum atomic E-state index is 12.5. The predicted octanol–water partition coefficient (Wildman–Crippen LogP) is 2.81. The molecule has 0 aliphatic heterocycles. The maximum absolute atomic E-state index is 12.5. The Morgan fingerprint density at radius 3 is 2.72 bits per heavy atom. The van der Waals surface area contributed by atoms with Crippen molar-refractivity contribution in [2.45, 2.75) is 11.8 Å². The van der Waals surface area contributed by atoms with Crippen LogP contribution in [-0.2, 0) is 17.1 Å². The van der Waals surface area contributed by atoms with E-state index in [0.717, 1.165) is 22.0 Å². The largest absolute Gasteiger partial charge is 0.495 e. The molecule has 0 saturated heterocycles. The van der Waals surface area contributed by atoms with Gasteiger partial charge in [-0.1, -0.05) is 24.3 Å². The minimum Gasteiger partial charge on any atom is -0.495 e. The van der Waals surface area contributed by atoms with Crippen molar-refractivity contribution in [1.82, 2.24) is 9.40 Å². The number of aryl methyl sites for hydroxylation is 2. The number of benzene rings is 2. The lowest BCUT2D eigenvalue weighted by Gasteiger charge is -2.09. The lowest BCUT2D eigenvalue weighted by Crippen LogP contribution is -2.19. The third-order valence-electron chi connectivity index (χ3n) is 3.91. The van der Waals surface area contributed by atoms with E-state index in [-0.39, 0.29) is 10.6 Å². The van der Waals surface area contributed by atoms with Gasteiger partial charge in [0.2, 0.25) is 0 Å². The molecule has 0 unspecified atom stereocenters. The number of para-hydroxylation sites is 1. The minimum absolute atomic E-state index is 0.0602. The van der Waals surface area contributed by atoms with Gasteiger partial charge in [-0.3, -0.25) is 0 Å². The van der Waals surface area contributed by atoms with Gasteiger partial charge in [-0.15, -0.1) is 0 Å². The highest BCUT2D eigenvalue weighted by atomic mass is 32.2. The Morgan fingerprint density at radius 1 is 1.20 bits per heavy atom. The number of ether oxygens (including phenoxy) is 1. The summed E-state index contributed by atoms with van der Waals surface area (Å²) in [6.45, 7) is 1.82. The Balaban J connectivity index is 1.89. The normalized spacial score (nSPS) is 12.0. The molecule has 25 heavy (non-hydrogen) atoms. The Morgan fingerprint density at radius 2 is 1.96 bits per heavy atom. The summed E-state index contributed by atoms with van der Waals surface area (Å²) in [4.78, 5) is 2.31. The van der Waals surface area contributed by atoms with Crippen molar-refractivity contribution in [1.29, 1.82) is 0 Å². The van der Waals surface area contributed by atoms with Crippen molar-refractivity contribution < 1.29 is 13.2 Å². The van der Waals surface area contributed by atoms with Crippen LogP contribution in [0.5, 0.6) is 5.75 Å². The number of nitrogens with one attached hydrogen (secondary N) is 1. The molecule has 2 aromatic carbocycles. The molecular weight excluding hydrogens is 338 g/mol. The lowest BCUT2D eigenvalue weighted by atomic mass is 10.2. The molecule has 7 heteroatoms. The number of aromatic nitrogens is 1. The number of hydrogen-bond acceptors (Lipinski definition) is 4. The van der Waals surface area contributed by atoms with E-state index in [1.807, 2.05) is 49.0 Å². The first-order valence-electron chi connectivity index (χ1n) is 7.66. The van der Waals surface area contributed by atoms with Crippen LogP contribution in [0.25, 0.3) is 10.9 Å². The monoisotopic (exact) mass is 357 g/mol. The summed E-state index contributed by atoms with van der Waals surface area (Å²) < 4.78 is 32.1. The quantitative estimate of drug-likeness (QED) is 0.564. The van der Waals surface area contributed by atoms with E-state index in [0.29, 0.717) is 0 Å². The van der Waals surface area contributed by atoms with E-state index in [4.69, 9.17) is 4.74 Å². The molecule has 1 heterocycles. The summed E-state index contributed by atoms with van der Waals surface area (Å²) in [7, 11) is -0.456. The summed E-state index contributed by atoms with van der Waals surface area (Å²) in [6.07, 6.45) is 3.40. The molecule has 6 nitrogen and oxygen atoms in total. The highest BCUT2D eigenvalue weighted by molar-refractivity contribution is 7.89. The van der Waals surface area contributed by atoms with Gasteiger partial charge in [-0.05, 0) is 30.7 Å². The molecule has 3 aromatic rings. The van der Waals surface area contributed by atoms with Gasteiger partial charge in [0.05, 0.1) is 13.3 Å². The van der Waals surface area contributed by atoms with Crippen LogP contribution < -0.4 is 9.57 Å². The average molecular weight is 357 g/mol. The fourth-order valence-electron chi connectivity index (χ4n) is 2.68. The number of nitrogens with zero attached hydrogens (tertiary/aromatic N) is 2. The van der Waals surface area contributed by atoms with E-state index in [1.54, 1.807) is 18.2 Å². The van der Waals surface area contributed by atoms with Crippen molar-refractivity contribution in [3.63, 3.8) is 0 Å². The first kappa shape index (κ1) is 17.0. The van der Waals surface area contributed by atoms with Gasteiger partial charge >= 0.3 is 0 Å². The van der Waals surface area contributed by atoms with Gasteiger partial charge in [0.1, 0.15) is 10.6 Å². The third-order valence-corrected chi connectivity index (χ3v) is 5.16. The molecule has 0 fully saturated rings. The van der Waals surface area contributed by atoms with Crippen LogP contribution in [0.1, 0.15) is 11.1 Å². The second kappa shape index (κ2) is 6.60. The molecule has 0 aliphatic carbocycles. The average Bonchev–Trinajstić information content (AvgIpc) is 2.91. The molecule has 130 valence electrons. The molecule has 0 spiro atoms. The highest BCUT2D eigenvalue weighted by Gasteiger charge is 2.19. The number of methoxy groups -OCH3 is 1. The van der Waals surface area contributed by atoms with Crippen molar-refractivity contribution >= 4 is 27.1 Å². The first-order chi connectivity index (χ1) is 11.9. The van der Waals surface area contributed by atoms with Crippen LogP contribution in [-0.4, -0.2) is 26.3 Å². The van der Waals surface area contributed by atoms with E-state index in [1.165, 1.54) is 13.3 Å². The Bertz CT molecular complexity index is 1050. The summed E-state index contributed by atoms with van der Waals surface area (Å²) in [6, 6.07) is 12.8. The Kier molecular flexibility index (Phi) is 4.50. The van der Waals surface area contributed by atoms with Crippen LogP contribution in [0.3, 0.4) is 0 Å². The minimum atomic E-state index is -3.82. The summed E-state index contributed by atoms with van der Waals surface area (Å²) in [5, 5.41) is 4.93. The first-order valence-corrected chi connectivity index (χ1v) is 9.14. The molecule has 0 amide bonds. The van der Waals surface area contributed by atoms with Crippen LogP contribution in [0.2, 0.25) is 0 Å². The zero-order valence-corrected chi connectivity index (χ0v) is 15.0. The van der Waals surface area contributed by atoms with E-state index < -0.39 is 10.0 Å². The van der Waals surface area contributed by atoms with Crippen LogP contribution in [0.15, 0.2) is 58.7 Å². The zero-order chi connectivity index (χ0) is 18.0. The highest BCUT2D eigenvalue weighted by Crippen LogP contribution is 2.24. The van der Waals surface area contributed by atoms with E-state index >= 15 is 0 Å². The van der Waals surface area contributed by atoms with Gasteiger partial charge in [0, 0.05) is 29.7 Å². The van der Waals surface area contributed by atoms with Crippen LogP contribution in [0, 0.1) is 6.92 Å². The Hall–Kier alpha value is -2.80. The molecule has 3 rings (SSSR count). The number of hydrogen-bond donors (Lipinski definition) is 1. The Labute approximate surface area is 146 Å². The number of fused-ring (bicyclic) bond motifs is 1. The van der Waals surface area contributed by atoms with E-state index in [9.17, 15) is 8.42 Å². The zero-order valence-electron chi connectivity index (χ0n) is 14.2. The summed E-state index contributed by atoms with van der Waals surface area (Å²) >= 11 is 0. The molecular formula is C18H19N3O3S. The van der Waals surface area contributed by atoms with Crippen molar-refractivity contribution in [3.8, 4) is 5.75 Å². The van der Waals surface area contributed by atoms with Gasteiger partial charge in [0.15, 0.2) is 0 Å². The fraction of sp³-hybridized carbons (Fsp3) is 0.167. The standard InChI is InChI=1S/C18H19N3O3S/c1-13-8-9-17(24-3)18(10-13)25(22,23)20-19-11-14-12-21(2)16-7-5-4-6-15(14)16/h4-12,20H,1-3H3/b19-11+. The fourth-order valence-corrected chi connectivity index (χ4v) is 3.73. The number of sulfonamides is 1. The van der Waals surface area contributed by atoms with Crippen LogP contribution >= 0.6 is 0 Å². The summed E-state index contributed by atoms with van der Waals surface area (Å²) in [5.74, 6) is 0.276. The molecule has 0 saturated carbocycles. The van der Waals surface area contributed by atoms with Crippen molar-refractivity contribution in [3.05, 3.63) is 59.8 Å². The lowest BCUT2D eigenvalue weighted by molar-refractivity contribution is 0.402. The molecule has 0 radical (unpaired) electrons. The van der Waals surface area contributed by atoms with Crippen LogP contribution in [0.4, 0.5) is 0 Å². The molecule has 0 aliphatic rings. The number of rotatable bonds is 5.